The molecule has 0 bridgehead atoms. The predicted molar refractivity (Wildman–Crippen MR) is 72.9 cm³/mol. The molecule has 4 heteroatoms. The smallest absolute Gasteiger partial charge is 0.130 e. The highest BCUT2D eigenvalue weighted by Gasteiger charge is 2.33. The van der Waals surface area contributed by atoms with E-state index in [9.17, 15) is 8.78 Å². The van der Waals surface area contributed by atoms with E-state index < -0.39 is 11.6 Å². The van der Waals surface area contributed by atoms with Gasteiger partial charge in [-0.1, -0.05) is 13.0 Å². The molecule has 1 fully saturated rings. The Bertz CT molecular complexity index is 430. The average molecular weight is 268 g/mol. The van der Waals surface area contributed by atoms with Gasteiger partial charge in [0.1, 0.15) is 11.6 Å². The molecule has 1 saturated heterocycles. The molecule has 1 N–H and O–H groups in total. The van der Waals surface area contributed by atoms with Gasteiger partial charge in [0.15, 0.2) is 0 Å². The quantitative estimate of drug-likeness (QED) is 0.906. The highest BCUT2D eigenvalue weighted by atomic mass is 19.1. The van der Waals surface area contributed by atoms with E-state index in [1.807, 2.05) is 0 Å². The van der Waals surface area contributed by atoms with Crippen molar-refractivity contribution in [3.05, 3.63) is 35.4 Å². The van der Waals surface area contributed by atoms with Crippen LogP contribution in [0.15, 0.2) is 18.2 Å². The fourth-order valence-corrected chi connectivity index (χ4v) is 2.52. The van der Waals surface area contributed by atoms with Crippen LogP contribution in [-0.2, 0) is 6.54 Å². The summed E-state index contributed by atoms with van der Waals surface area (Å²) in [5.41, 5.74) is 0.198. The zero-order valence-electron chi connectivity index (χ0n) is 11.8. The Morgan fingerprint density at radius 1 is 1.37 bits per heavy atom. The molecule has 0 saturated carbocycles. The molecular weight excluding hydrogens is 246 g/mol. The van der Waals surface area contributed by atoms with Crippen LogP contribution < -0.4 is 5.32 Å². The van der Waals surface area contributed by atoms with Crippen molar-refractivity contribution in [3.8, 4) is 0 Å². The minimum absolute atomic E-state index is 0.0221. The van der Waals surface area contributed by atoms with Crippen LogP contribution in [0.25, 0.3) is 0 Å². The molecule has 1 aliphatic heterocycles. The third-order valence-electron chi connectivity index (χ3n) is 4.20. The van der Waals surface area contributed by atoms with E-state index in [4.69, 9.17) is 0 Å². The average Bonchev–Trinajstić information content (AvgIpc) is 2.38. The van der Waals surface area contributed by atoms with Gasteiger partial charge in [0.2, 0.25) is 0 Å². The molecule has 19 heavy (non-hydrogen) atoms. The first-order chi connectivity index (χ1) is 8.95. The Kier molecular flexibility index (Phi) is 4.21. The molecular formula is C15H22F2N2. The molecule has 0 radical (unpaired) electrons. The van der Waals surface area contributed by atoms with Gasteiger partial charge in [-0.15, -0.1) is 0 Å². The lowest BCUT2D eigenvalue weighted by Crippen LogP contribution is -2.61. The molecule has 0 amide bonds. The van der Waals surface area contributed by atoms with Crippen molar-refractivity contribution < 1.29 is 8.78 Å². The number of rotatable bonds is 3. The maximum absolute atomic E-state index is 13.7. The monoisotopic (exact) mass is 268 g/mol. The van der Waals surface area contributed by atoms with Crippen LogP contribution in [-0.4, -0.2) is 29.6 Å². The van der Waals surface area contributed by atoms with E-state index >= 15 is 0 Å². The van der Waals surface area contributed by atoms with Crippen LogP contribution in [0.2, 0.25) is 0 Å². The summed E-state index contributed by atoms with van der Waals surface area (Å²) in [6.07, 6.45) is 0.996. The third kappa shape index (κ3) is 3.12. The molecule has 1 aromatic rings. The van der Waals surface area contributed by atoms with Crippen LogP contribution >= 0.6 is 0 Å². The standard InChI is InChI=1S/C15H22F2N2/c1-4-15(3)10-19(11(2)8-18-15)9-12-13(16)6-5-7-14(12)17/h5-7,11,18H,4,8-10H2,1-3H3. The van der Waals surface area contributed by atoms with Crippen LogP contribution in [0.1, 0.15) is 32.8 Å². The molecule has 1 aromatic carbocycles. The second kappa shape index (κ2) is 5.55. The number of hydrogen-bond acceptors (Lipinski definition) is 2. The van der Waals surface area contributed by atoms with E-state index in [0.29, 0.717) is 6.54 Å². The Morgan fingerprint density at radius 3 is 2.58 bits per heavy atom. The molecule has 0 aromatic heterocycles. The van der Waals surface area contributed by atoms with E-state index in [0.717, 1.165) is 19.5 Å². The number of nitrogens with zero attached hydrogens (tertiary/aromatic N) is 1. The van der Waals surface area contributed by atoms with Gasteiger partial charge in [0, 0.05) is 36.8 Å². The second-order valence-corrected chi connectivity index (χ2v) is 5.75. The van der Waals surface area contributed by atoms with E-state index in [1.165, 1.54) is 18.2 Å². The second-order valence-electron chi connectivity index (χ2n) is 5.75. The number of hydrogen-bond donors (Lipinski definition) is 1. The molecule has 2 unspecified atom stereocenters. The van der Waals surface area contributed by atoms with Crippen LogP contribution in [0.3, 0.4) is 0 Å². The van der Waals surface area contributed by atoms with Crippen LogP contribution in [0, 0.1) is 11.6 Å². The normalized spacial score (nSPS) is 28.6. The predicted octanol–water partition coefficient (Wildman–Crippen LogP) is 2.93. The highest BCUT2D eigenvalue weighted by molar-refractivity contribution is 5.20. The van der Waals surface area contributed by atoms with E-state index in [1.54, 1.807) is 0 Å². The summed E-state index contributed by atoms with van der Waals surface area (Å²) in [5, 5.41) is 3.51. The van der Waals surface area contributed by atoms with Gasteiger partial charge >= 0.3 is 0 Å². The summed E-state index contributed by atoms with van der Waals surface area (Å²) in [7, 11) is 0. The van der Waals surface area contributed by atoms with Gasteiger partial charge in [0.05, 0.1) is 0 Å². The van der Waals surface area contributed by atoms with Crippen molar-refractivity contribution in [3.63, 3.8) is 0 Å². The Labute approximate surface area is 113 Å². The Morgan fingerprint density at radius 2 is 2.00 bits per heavy atom. The van der Waals surface area contributed by atoms with Crippen molar-refractivity contribution in [2.75, 3.05) is 13.1 Å². The molecule has 106 valence electrons. The third-order valence-corrected chi connectivity index (χ3v) is 4.20. The molecule has 2 atom stereocenters. The van der Waals surface area contributed by atoms with Crippen LogP contribution in [0.5, 0.6) is 0 Å². The SMILES string of the molecule is CCC1(C)CN(Cc2c(F)cccc2F)C(C)CN1. The fourth-order valence-electron chi connectivity index (χ4n) is 2.52. The maximum atomic E-state index is 13.7. The van der Waals surface area contributed by atoms with Crippen LogP contribution in [0.4, 0.5) is 8.78 Å². The van der Waals surface area contributed by atoms with Gasteiger partial charge in [-0.3, -0.25) is 4.90 Å². The number of nitrogens with one attached hydrogen (secondary N) is 1. The number of halogens is 2. The molecule has 2 rings (SSSR count). The summed E-state index contributed by atoms with van der Waals surface area (Å²) in [4.78, 5) is 2.15. The highest BCUT2D eigenvalue weighted by Crippen LogP contribution is 2.22. The first-order valence-electron chi connectivity index (χ1n) is 6.87. The first-order valence-corrected chi connectivity index (χ1v) is 6.87. The summed E-state index contributed by atoms with van der Waals surface area (Å²) in [5.74, 6) is -0.909. The topological polar surface area (TPSA) is 15.3 Å². The molecule has 1 aliphatic rings. The van der Waals surface area contributed by atoms with Crippen molar-refractivity contribution in [2.45, 2.75) is 45.3 Å². The van der Waals surface area contributed by atoms with Gasteiger partial charge < -0.3 is 5.32 Å². The number of benzene rings is 1. The van der Waals surface area contributed by atoms with E-state index in [-0.39, 0.29) is 17.1 Å². The van der Waals surface area contributed by atoms with Gasteiger partial charge in [-0.25, -0.2) is 8.78 Å². The maximum Gasteiger partial charge on any atom is 0.130 e. The van der Waals surface area contributed by atoms with Gasteiger partial charge in [-0.05, 0) is 32.4 Å². The molecule has 1 heterocycles. The number of piperazine rings is 1. The summed E-state index contributed by atoms with van der Waals surface area (Å²) in [6, 6.07) is 4.33. The zero-order valence-corrected chi connectivity index (χ0v) is 11.8. The Balaban J connectivity index is 2.17. The minimum atomic E-state index is -0.455. The largest absolute Gasteiger partial charge is 0.309 e. The lowest BCUT2D eigenvalue weighted by Gasteiger charge is -2.45. The lowest BCUT2D eigenvalue weighted by molar-refractivity contribution is 0.0845. The fraction of sp³-hybridized carbons (Fsp3) is 0.600. The minimum Gasteiger partial charge on any atom is -0.309 e. The van der Waals surface area contributed by atoms with Crippen molar-refractivity contribution >= 4 is 0 Å². The van der Waals surface area contributed by atoms with E-state index in [2.05, 4.69) is 31.0 Å². The van der Waals surface area contributed by atoms with Crippen molar-refractivity contribution in [1.82, 2.24) is 10.2 Å². The summed E-state index contributed by atoms with van der Waals surface area (Å²) < 4.78 is 27.4. The molecule has 2 nitrogen and oxygen atoms in total. The summed E-state index contributed by atoms with van der Waals surface area (Å²) in [6.45, 7) is 8.35. The zero-order chi connectivity index (χ0) is 14.0. The molecule has 0 aliphatic carbocycles. The summed E-state index contributed by atoms with van der Waals surface area (Å²) >= 11 is 0. The lowest BCUT2D eigenvalue weighted by atomic mass is 9.93. The van der Waals surface area contributed by atoms with Crippen molar-refractivity contribution in [2.24, 2.45) is 0 Å². The first kappa shape index (κ1) is 14.4. The molecule has 0 spiro atoms. The Hall–Kier alpha value is -1.00. The van der Waals surface area contributed by atoms with Crippen molar-refractivity contribution in [1.29, 1.82) is 0 Å². The van der Waals surface area contributed by atoms with Gasteiger partial charge in [-0.2, -0.15) is 0 Å². The van der Waals surface area contributed by atoms with Gasteiger partial charge in [0.25, 0.3) is 0 Å².